The van der Waals surface area contributed by atoms with Crippen molar-refractivity contribution in [1.29, 1.82) is 0 Å². The number of benzene rings is 3. The third-order valence-corrected chi connectivity index (χ3v) is 7.34. The number of nitrogens with zero attached hydrogens (tertiary/aromatic N) is 7. The lowest BCUT2D eigenvalue weighted by molar-refractivity contribution is 0.560. The smallest absolute Gasteiger partial charge is 0.318 e. The predicted molar refractivity (Wildman–Crippen MR) is 158 cm³/mol. The summed E-state index contributed by atoms with van der Waals surface area (Å²) in [5, 5.41) is 14.5. The van der Waals surface area contributed by atoms with Crippen LogP contribution in [0.1, 0.15) is 30.3 Å². The number of nitrogens with one attached hydrogen (secondary N) is 1. The highest BCUT2D eigenvalue weighted by Crippen LogP contribution is 2.30. The second-order valence-electron chi connectivity index (χ2n) is 10.0. The normalized spacial score (nSPS) is 11.4. The lowest BCUT2D eigenvalue weighted by Crippen LogP contribution is -2.41. The minimum atomic E-state index is -0.311. The van der Waals surface area contributed by atoms with Crippen LogP contribution in [0, 0.1) is 6.92 Å². The Morgan fingerprint density at radius 1 is 0.780 bits per heavy atom. The highest BCUT2D eigenvalue weighted by molar-refractivity contribution is 5.80. The fraction of sp³-hybridized carbons (Fsp3) is 0.226. The van der Waals surface area contributed by atoms with Crippen LogP contribution in [-0.4, -0.2) is 39.3 Å². The second-order valence-corrected chi connectivity index (χ2v) is 10.0. The number of aryl methyl sites for hydroxylation is 3. The number of aromatic amines is 1. The average Bonchev–Trinajstić information content (AvgIpc) is 3.65. The van der Waals surface area contributed by atoms with Gasteiger partial charge in [0.2, 0.25) is 5.82 Å². The lowest BCUT2D eigenvalue weighted by atomic mass is 9.98. The zero-order chi connectivity index (χ0) is 28.3. The van der Waals surface area contributed by atoms with Gasteiger partial charge in [-0.15, -0.1) is 10.2 Å². The first-order chi connectivity index (χ1) is 20.0. The molecule has 0 aliphatic heterocycles. The first-order valence-electron chi connectivity index (χ1n) is 13.7. The number of rotatable bonds is 9. The van der Waals surface area contributed by atoms with Crippen LogP contribution in [0.5, 0.6) is 0 Å². The van der Waals surface area contributed by atoms with Crippen LogP contribution in [0.4, 0.5) is 0 Å². The Kier molecular flexibility index (Phi) is 7.11. The van der Waals surface area contributed by atoms with Crippen LogP contribution in [0.15, 0.2) is 88.5 Å². The zero-order valence-electron chi connectivity index (χ0n) is 23.0. The van der Waals surface area contributed by atoms with E-state index in [0.717, 1.165) is 34.2 Å². The summed E-state index contributed by atoms with van der Waals surface area (Å²) in [7, 11) is 0. The topological polar surface area (TPSA) is 116 Å². The van der Waals surface area contributed by atoms with E-state index < -0.39 is 0 Å². The molecule has 0 fully saturated rings. The minimum absolute atomic E-state index is 0.306. The molecule has 3 heterocycles. The largest absolute Gasteiger partial charge is 0.332 e. The van der Waals surface area contributed by atoms with Gasteiger partial charge >= 0.3 is 5.69 Å². The highest BCUT2D eigenvalue weighted by atomic mass is 16.2. The molecule has 0 atom stereocenters. The van der Waals surface area contributed by atoms with Crippen molar-refractivity contribution in [3.8, 4) is 22.5 Å². The van der Waals surface area contributed by atoms with Gasteiger partial charge < -0.3 is 4.57 Å². The van der Waals surface area contributed by atoms with Crippen LogP contribution in [-0.2, 0) is 26.1 Å². The van der Waals surface area contributed by atoms with E-state index >= 15 is 0 Å². The first-order valence-corrected chi connectivity index (χ1v) is 13.7. The van der Waals surface area contributed by atoms with Gasteiger partial charge in [0.15, 0.2) is 11.2 Å². The number of H-pyrrole nitrogens is 1. The molecule has 0 spiro atoms. The highest BCUT2D eigenvalue weighted by Gasteiger charge is 2.20. The van der Waals surface area contributed by atoms with Gasteiger partial charge in [-0.25, -0.2) is 9.78 Å². The summed E-state index contributed by atoms with van der Waals surface area (Å²) in [6, 6.07) is 26.0. The Labute approximate surface area is 235 Å². The molecule has 3 aromatic carbocycles. The number of hydrogen-bond acceptors (Lipinski definition) is 6. The van der Waals surface area contributed by atoms with Gasteiger partial charge in [-0.2, -0.15) is 5.21 Å². The third-order valence-electron chi connectivity index (χ3n) is 7.34. The quantitative estimate of drug-likeness (QED) is 0.290. The van der Waals surface area contributed by atoms with Gasteiger partial charge in [-0.05, 0) is 47.2 Å². The van der Waals surface area contributed by atoms with E-state index in [4.69, 9.17) is 4.98 Å². The van der Waals surface area contributed by atoms with Crippen LogP contribution in [0.25, 0.3) is 33.7 Å². The molecule has 0 unspecified atom stereocenters. The van der Waals surface area contributed by atoms with Crippen molar-refractivity contribution in [3.63, 3.8) is 0 Å². The van der Waals surface area contributed by atoms with Crippen LogP contribution < -0.4 is 11.2 Å². The number of aromatic nitrogens is 8. The predicted octanol–water partition coefficient (Wildman–Crippen LogP) is 4.22. The molecule has 1 N–H and O–H groups in total. The molecule has 0 saturated heterocycles. The van der Waals surface area contributed by atoms with Gasteiger partial charge in [0, 0.05) is 25.2 Å². The molecule has 0 saturated carbocycles. The van der Waals surface area contributed by atoms with E-state index in [9.17, 15) is 9.59 Å². The maximum absolute atomic E-state index is 13.8. The summed E-state index contributed by atoms with van der Waals surface area (Å²) in [5.74, 6) is 1.22. The van der Waals surface area contributed by atoms with Gasteiger partial charge in [0.1, 0.15) is 5.82 Å². The number of fused-ring (bicyclic) bond motifs is 1. The fourth-order valence-electron chi connectivity index (χ4n) is 5.28. The summed E-state index contributed by atoms with van der Waals surface area (Å²) >= 11 is 0. The molecule has 0 bridgehead atoms. The van der Waals surface area contributed by atoms with Crippen molar-refractivity contribution in [2.45, 2.75) is 46.3 Å². The van der Waals surface area contributed by atoms with Crippen molar-refractivity contribution in [1.82, 2.24) is 39.3 Å². The van der Waals surface area contributed by atoms with Gasteiger partial charge in [0.05, 0.1) is 0 Å². The van der Waals surface area contributed by atoms with E-state index in [1.807, 2.05) is 97.3 Å². The first kappa shape index (κ1) is 26.1. The van der Waals surface area contributed by atoms with Gasteiger partial charge in [-0.3, -0.25) is 13.9 Å². The SMILES string of the molecule is CCCn1c(=O)n(CCc2ccccc2)c(=O)c2c1nc(C)n2Cc1ccc(-c2ccccc2-c2nn[nH]n2)cc1. The molecule has 41 heavy (non-hydrogen) atoms. The van der Waals surface area contributed by atoms with Gasteiger partial charge in [0.25, 0.3) is 5.56 Å². The molecule has 206 valence electrons. The molecule has 0 aliphatic rings. The maximum Gasteiger partial charge on any atom is 0.332 e. The Hall–Kier alpha value is -5.12. The van der Waals surface area contributed by atoms with Crippen molar-refractivity contribution in [2.24, 2.45) is 0 Å². The maximum atomic E-state index is 13.8. The van der Waals surface area contributed by atoms with Crippen LogP contribution >= 0.6 is 0 Å². The Bertz CT molecular complexity index is 1920. The van der Waals surface area contributed by atoms with Crippen molar-refractivity contribution >= 4 is 11.2 Å². The molecule has 6 aromatic rings. The average molecular weight is 547 g/mol. The summed E-state index contributed by atoms with van der Waals surface area (Å²) in [6.45, 7) is 5.14. The standard InChI is InChI=1S/C31H30N8O2/c1-3-18-37-29-27(30(40)38(31(37)41)19-17-22-9-5-4-6-10-22)39(21(2)32-29)20-23-13-15-24(16-14-23)25-11-7-8-12-26(25)28-33-35-36-34-28/h4-16H,3,17-20H2,1-2H3,(H,33,34,35,36). The molecule has 6 rings (SSSR count). The van der Waals surface area contributed by atoms with Crippen molar-refractivity contribution < 1.29 is 0 Å². The van der Waals surface area contributed by atoms with Crippen LogP contribution in [0.3, 0.4) is 0 Å². The number of tetrazole rings is 1. The zero-order valence-corrected chi connectivity index (χ0v) is 23.0. The van der Waals surface area contributed by atoms with E-state index in [1.165, 1.54) is 4.57 Å². The minimum Gasteiger partial charge on any atom is -0.318 e. The Morgan fingerprint density at radius 2 is 1.51 bits per heavy atom. The summed E-state index contributed by atoms with van der Waals surface area (Å²) < 4.78 is 4.92. The molecular formula is C31H30N8O2. The summed E-state index contributed by atoms with van der Waals surface area (Å²) in [4.78, 5) is 32.0. The molecule has 10 nitrogen and oxygen atoms in total. The fourth-order valence-corrected chi connectivity index (χ4v) is 5.28. The third kappa shape index (κ3) is 5.00. The van der Waals surface area contributed by atoms with Crippen molar-refractivity contribution in [2.75, 3.05) is 0 Å². The number of imidazole rings is 1. The molecule has 0 radical (unpaired) electrons. The van der Waals surface area contributed by atoms with Crippen molar-refractivity contribution in [3.05, 3.63) is 117 Å². The molecule has 3 aromatic heterocycles. The monoisotopic (exact) mass is 546 g/mol. The van der Waals surface area contributed by atoms with E-state index in [-0.39, 0.29) is 11.2 Å². The second kappa shape index (κ2) is 11.2. The van der Waals surface area contributed by atoms with E-state index in [1.54, 1.807) is 4.57 Å². The van der Waals surface area contributed by atoms with E-state index in [2.05, 4.69) is 20.6 Å². The number of hydrogen-bond donors (Lipinski definition) is 1. The molecule has 0 aliphatic carbocycles. The summed E-state index contributed by atoms with van der Waals surface area (Å²) in [6.07, 6.45) is 1.35. The molecule has 10 heteroatoms. The summed E-state index contributed by atoms with van der Waals surface area (Å²) in [5.41, 5.74) is 5.26. The van der Waals surface area contributed by atoms with Crippen LogP contribution in [0.2, 0.25) is 0 Å². The molecule has 0 amide bonds. The molecular weight excluding hydrogens is 516 g/mol. The lowest BCUT2D eigenvalue weighted by Gasteiger charge is -2.13. The van der Waals surface area contributed by atoms with Gasteiger partial charge in [-0.1, -0.05) is 85.8 Å². The Morgan fingerprint density at radius 3 is 2.22 bits per heavy atom. The van der Waals surface area contributed by atoms with E-state index in [0.29, 0.717) is 48.9 Å². The Balaban J connectivity index is 1.37.